The number of carbonyl (C=O) groups is 3. The Kier molecular flexibility index (Phi) is 9.87. The first kappa shape index (κ1) is 32.2. The summed E-state index contributed by atoms with van der Waals surface area (Å²) in [7, 11) is 0. The lowest BCUT2D eigenvalue weighted by atomic mass is 9.81. The Balaban J connectivity index is 1.18. The van der Waals surface area contributed by atoms with Gasteiger partial charge in [-0.3, -0.25) is 14.9 Å². The van der Waals surface area contributed by atoms with Gasteiger partial charge in [-0.15, -0.1) is 5.10 Å². The predicted molar refractivity (Wildman–Crippen MR) is 178 cm³/mol. The van der Waals surface area contributed by atoms with Gasteiger partial charge in [-0.2, -0.15) is 4.68 Å². The van der Waals surface area contributed by atoms with E-state index in [4.69, 9.17) is 0 Å². The number of amides is 1. The quantitative estimate of drug-likeness (QED) is 0.186. The van der Waals surface area contributed by atoms with Gasteiger partial charge in [0.05, 0.1) is 6.42 Å². The van der Waals surface area contributed by atoms with Crippen LogP contribution in [0.15, 0.2) is 72.8 Å². The fraction of sp³-hybridized carbons (Fsp3) is 0.405. The van der Waals surface area contributed by atoms with Crippen LogP contribution in [0.1, 0.15) is 92.1 Å². The first-order chi connectivity index (χ1) is 22.9. The van der Waals surface area contributed by atoms with Crippen LogP contribution in [0.4, 0.5) is 0 Å². The van der Waals surface area contributed by atoms with Crippen LogP contribution >= 0.6 is 0 Å². The molecular formula is C37H42N6O4. The number of likely N-dealkylation sites (tertiary alicyclic amines) is 1. The van der Waals surface area contributed by atoms with Crippen LogP contribution in [0.3, 0.4) is 0 Å². The maximum Gasteiger partial charge on any atom is 0.344 e. The third kappa shape index (κ3) is 6.74. The smallest absolute Gasteiger partial charge is 0.344 e. The van der Waals surface area contributed by atoms with Gasteiger partial charge in [0.15, 0.2) is 11.5 Å². The average Bonchev–Trinajstić information content (AvgIpc) is 3.77. The van der Waals surface area contributed by atoms with Crippen molar-refractivity contribution in [2.24, 2.45) is 0 Å². The Bertz CT molecular complexity index is 1730. The van der Waals surface area contributed by atoms with Crippen LogP contribution < -0.4 is 5.32 Å². The van der Waals surface area contributed by atoms with Crippen LogP contribution in [0.2, 0.25) is 0 Å². The molecule has 3 aromatic carbocycles. The predicted octanol–water partition coefficient (Wildman–Crippen LogP) is 6.23. The van der Waals surface area contributed by atoms with E-state index in [1.165, 1.54) is 29.5 Å². The molecule has 2 fully saturated rings. The number of hydrogen-bond donors (Lipinski definition) is 2. The first-order valence-corrected chi connectivity index (χ1v) is 16.8. The van der Waals surface area contributed by atoms with Gasteiger partial charge in [-0.25, -0.2) is 4.79 Å². The van der Waals surface area contributed by atoms with E-state index in [0.717, 1.165) is 40.7 Å². The van der Waals surface area contributed by atoms with Crippen molar-refractivity contribution in [3.05, 3.63) is 89.5 Å². The van der Waals surface area contributed by atoms with Crippen LogP contribution in [0.25, 0.3) is 22.5 Å². The third-order valence-corrected chi connectivity index (χ3v) is 9.67. The molecule has 0 spiro atoms. The first-order valence-electron chi connectivity index (χ1n) is 16.8. The lowest BCUT2D eigenvalue weighted by Gasteiger charge is -2.36. The Morgan fingerprint density at radius 1 is 0.894 bits per heavy atom. The minimum Gasteiger partial charge on any atom is -0.478 e. The highest BCUT2D eigenvalue weighted by Crippen LogP contribution is 2.36. The van der Waals surface area contributed by atoms with Gasteiger partial charge in [-0.05, 0) is 76.3 Å². The van der Waals surface area contributed by atoms with Gasteiger partial charge in [0, 0.05) is 25.1 Å². The second-order valence-electron chi connectivity index (χ2n) is 12.7. The number of carboxylic acids is 1. The molecule has 1 aliphatic heterocycles. The zero-order valence-corrected chi connectivity index (χ0v) is 26.9. The Morgan fingerprint density at radius 3 is 2.36 bits per heavy atom. The van der Waals surface area contributed by atoms with E-state index >= 15 is 0 Å². The van der Waals surface area contributed by atoms with Crippen molar-refractivity contribution < 1.29 is 19.5 Å². The number of nitrogens with zero attached hydrogens (tertiary/aromatic N) is 5. The van der Waals surface area contributed by atoms with Crippen LogP contribution in [-0.2, 0) is 22.6 Å². The van der Waals surface area contributed by atoms with E-state index in [-0.39, 0.29) is 24.8 Å². The van der Waals surface area contributed by atoms with E-state index in [2.05, 4.69) is 26.9 Å². The summed E-state index contributed by atoms with van der Waals surface area (Å²) >= 11 is 0. The topological polar surface area (TPSA) is 130 Å². The number of carboxylic acid groups (broad SMARTS) is 1. The minimum absolute atomic E-state index is 0.160. The molecule has 4 aromatic rings. The van der Waals surface area contributed by atoms with Crippen molar-refractivity contribution in [2.75, 3.05) is 6.54 Å². The van der Waals surface area contributed by atoms with E-state index in [1.54, 1.807) is 4.90 Å². The number of aromatic nitrogens is 4. The summed E-state index contributed by atoms with van der Waals surface area (Å²) in [5.41, 5.74) is 4.18. The molecule has 10 nitrogen and oxygen atoms in total. The molecule has 2 N–H and O–H groups in total. The molecule has 47 heavy (non-hydrogen) atoms. The lowest BCUT2D eigenvalue weighted by molar-refractivity contribution is -0.159. The van der Waals surface area contributed by atoms with Crippen molar-refractivity contribution >= 4 is 17.8 Å². The van der Waals surface area contributed by atoms with Crippen molar-refractivity contribution in [1.82, 2.24) is 30.4 Å². The monoisotopic (exact) mass is 634 g/mol. The summed E-state index contributed by atoms with van der Waals surface area (Å²) in [4.78, 5) is 40.8. The van der Waals surface area contributed by atoms with Gasteiger partial charge in [0.1, 0.15) is 0 Å². The Morgan fingerprint density at radius 2 is 1.62 bits per heavy atom. The maximum absolute atomic E-state index is 13.8. The lowest BCUT2D eigenvalue weighted by Crippen LogP contribution is -2.62. The molecule has 1 unspecified atom stereocenters. The largest absolute Gasteiger partial charge is 0.478 e. The Hall–Kier alpha value is -4.70. The standard InChI is InChI=1S/C37H42N6O4/c1-2-11-33(44)43-35(39-40-41-43)32-17-9-8-16-31(32)28-20-18-26(19-21-28)25-38-37(36(46)47)22-10-23-42(37)34(45)24-29-14-6-7-15-30(29)27-12-4-3-5-13-27/h6-9,14-21,27,38H,2-5,10-13,22-25H2,1H3,(H,46,47). The molecule has 0 radical (unpaired) electrons. The van der Waals surface area contributed by atoms with Gasteiger partial charge >= 0.3 is 5.97 Å². The second kappa shape index (κ2) is 14.4. The summed E-state index contributed by atoms with van der Waals surface area (Å²) in [5.74, 6) is -0.510. The van der Waals surface area contributed by atoms with Crippen molar-refractivity contribution in [3.63, 3.8) is 0 Å². The fourth-order valence-corrected chi connectivity index (χ4v) is 7.23. The van der Waals surface area contributed by atoms with E-state index < -0.39 is 11.6 Å². The van der Waals surface area contributed by atoms with E-state index in [0.29, 0.717) is 44.0 Å². The zero-order valence-electron chi connectivity index (χ0n) is 26.9. The van der Waals surface area contributed by atoms with Gasteiger partial charge in [-0.1, -0.05) is 99.0 Å². The summed E-state index contributed by atoms with van der Waals surface area (Å²) in [6, 6.07) is 23.6. The number of tetrazole rings is 1. The molecule has 1 saturated carbocycles. The summed E-state index contributed by atoms with van der Waals surface area (Å²) in [5, 5.41) is 25.6. The molecule has 1 saturated heterocycles. The molecule has 1 amide bonds. The Labute approximate surface area is 275 Å². The minimum atomic E-state index is -1.47. The molecule has 1 atom stereocenters. The van der Waals surface area contributed by atoms with E-state index in [9.17, 15) is 19.5 Å². The second-order valence-corrected chi connectivity index (χ2v) is 12.7. The fourth-order valence-electron chi connectivity index (χ4n) is 7.23. The highest BCUT2D eigenvalue weighted by molar-refractivity contribution is 5.89. The third-order valence-electron chi connectivity index (χ3n) is 9.67. The maximum atomic E-state index is 13.8. The highest BCUT2D eigenvalue weighted by atomic mass is 16.4. The van der Waals surface area contributed by atoms with Crippen LogP contribution in [-0.4, -0.2) is 60.2 Å². The number of hydrogen-bond acceptors (Lipinski definition) is 7. The molecule has 2 heterocycles. The number of nitrogens with one attached hydrogen (secondary N) is 1. The van der Waals surface area contributed by atoms with Crippen LogP contribution in [0, 0.1) is 0 Å². The highest BCUT2D eigenvalue weighted by Gasteiger charge is 2.49. The van der Waals surface area contributed by atoms with E-state index in [1.807, 2.05) is 73.7 Å². The molecule has 1 aromatic heterocycles. The summed E-state index contributed by atoms with van der Waals surface area (Å²) in [6.07, 6.45) is 8.14. The number of aliphatic carboxylic acids is 1. The number of benzene rings is 3. The van der Waals surface area contributed by atoms with Gasteiger partial charge in [0.25, 0.3) is 0 Å². The van der Waals surface area contributed by atoms with Crippen molar-refractivity contribution in [1.29, 1.82) is 0 Å². The van der Waals surface area contributed by atoms with Crippen molar-refractivity contribution in [2.45, 2.75) is 89.3 Å². The summed E-state index contributed by atoms with van der Waals surface area (Å²) < 4.78 is 1.26. The summed E-state index contributed by atoms with van der Waals surface area (Å²) in [6.45, 7) is 2.62. The molecule has 10 heteroatoms. The SMILES string of the molecule is CCCC(=O)n1nnnc1-c1ccccc1-c1ccc(CNC2(C(=O)O)CCCN2C(=O)Cc2ccccc2C2CCCCC2)cc1. The van der Waals surface area contributed by atoms with Crippen molar-refractivity contribution in [3.8, 4) is 22.5 Å². The normalized spacial score (nSPS) is 18.4. The van der Waals surface area contributed by atoms with Gasteiger partial charge in [0.2, 0.25) is 11.8 Å². The average molecular weight is 635 g/mol. The van der Waals surface area contributed by atoms with Crippen LogP contribution in [0.5, 0.6) is 0 Å². The number of rotatable bonds is 11. The molecule has 1 aliphatic carbocycles. The molecule has 0 bridgehead atoms. The molecular weight excluding hydrogens is 592 g/mol. The zero-order chi connectivity index (χ0) is 32.8. The molecule has 2 aliphatic rings. The number of carbonyl (C=O) groups excluding carboxylic acids is 2. The van der Waals surface area contributed by atoms with Gasteiger partial charge < -0.3 is 10.0 Å². The molecule has 244 valence electrons. The molecule has 6 rings (SSSR count).